The van der Waals surface area contributed by atoms with E-state index in [0.717, 1.165) is 5.65 Å². The van der Waals surface area contributed by atoms with Crippen LogP contribution in [0.3, 0.4) is 0 Å². The standard InChI is InChI=1S/C16H18N4O/c1-12-7-8-20-15(9-12)18-16(19-20)17-10-13-5-3-4-6-14(13)11-21-2/h3-9H,10-11H2,1-2H3,(H,17,19). The van der Waals surface area contributed by atoms with Crippen molar-refractivity contribution in [3.05, 3.63) is 59.3 Å². The summed E-state index contributed by atoms with van der Waals surface area (Å²) in [6.07, 6.45) is 1.92. The maximum absolute atomic E-state index is 5.22. The van der Waals surface area contributed by atoms with Crippen LogP contribution in [0.5, 0.6) is 0 Å². The zero-order valence-corrected chi connectivity index (χ0v) is 12.2. The minimum atomic E-state index is 0.607. The average Bonchev–Trinajstić information content (AvgIpc) is 2.88. The summed E-state index contributed by atoms with van der Waals surface area (Å²) in [4.78, 5) is 4.47. The maximum atomic E-state index is 5.22. The summed E-state index contributed by atoms with van der Waals surface area (Å²) in [7, 11) is 1.70. The second kappa shape index (κ2) is 5.93. The topological polar surface area (TPSA) is 51.5 Å². The first-order valence-electron chi connectivity index (χ1n) is 6.89. The Labute approximate surface area is 123 Å². The third-order valence-corrected chi connectivity index (χ3v) is 3.35. The minimum Gasteiger partial charge on any atom is -0.380 e. The summed E-state index contributed by atoms with van der Waals surface area (Å²) in [6, 6.07) is 12.2. The molecule has 3 aromatic rings. The molecule has 2 aromatic heterocycles. The Morgan fingerprint density at radius 1 is 1.19 bits per heavy atom. The first kappa shape index (κ1) is 13.6. The van der Waals surface area contributed by atoms with E-state index in [4.69, 9.17) is 4.74 Å². The van der Waals surface area contributed by atoms with Gasteiger partial charge in [-0.3, -0.25) is 0 Å². The fourth-order valence-corrected chi connectivity index (χ4v) is 2.26. The molecule has 108 valence electrons. The molecule has 5 heteroatoms. The van der Waals surface area contributed by atoms with Gasteiger partial charge in [0.15, 0.2) is 5.65 Å². The van der Waals surface area contributed by atoms with E-state index in [0.29, 0.717) is 19.1 Å². The predicted molar refractivity (Wildman–Crippen MR) is 82.2 cm³/mol. The lowest BCUT2D eigenvalue weighted by atomic mass is 10.1. The Morgan fingerprint density at radius 3 is 2.81 bits per heavy atom. The summed E-state index contributed by atoms with van der Waals surface area (Å²) in [5.41, 5.74) is 4.39. The van der Waals surface area contributed by atoms with Crippen molar-refractivity contribution in [2.45, 2.75) is 20.1 Å². The van der Waals surface area contributed by atoms with E-state index in [9.17, 15) is 0 Å². The molecular weight excluding hydrogens is 264 g/mol. The van der Waals surface area contributed by atoms with E-state index < -0.39 is 0 Å². The van der Waals surface area contributed by atoms with Gasteiger partial charge in [0.25, 0.3) is 0 Å². The fourth-order valence-electron chi connectivity index (χ4n) is 2.26. The number of hydrogen-bond acceptors (Lipinski definition) is 4. The number of fused-ring (bicyclic) bond motifs is 1. The highest BCUT2D eigenvalue weighted by atomic mass is 16.5. The van der Waals surface area contributed by atoms with Crippen LogP contribution in [0.1, 0.15) is 16.7 Å². The van der Waals surface area contributed by atoms with Gasteiger partial charge in [-0.2, -0.15) is 4.98 Å². The quantitative estimate of drug-likeness (QED) is 0.782. The monoisotopic (exact) mass is 282 g/mol. The lowest BCUT2D eigenvalue weighted by Crippen LogP contribution is -2.04. The van der Waals surface area contributed by atoms with Crippen LogP contribution >= 0.6 is 0 Å². The zero-order valence-electron chi connectivity index (χ0n) is 12.2. The van der Waals surface area contributed by atoms with E-state index in [1.54, 1.807) is 11.6 Å². The second-order valence-corrected chi connectivity index (χ2v) is 5.00. The molecule has 0 saturated heterocycles. The van der Waals surface area contributed by atoms with Gasteiger partial charge >= 0.3 is 0 Å². The number of nitrogens with one attached hydrogen (secondary N) is 1. The third-order valence-electron chi connectivity index (χ3n) is 3.35. The van der Waals surface area contributed by atoms with E-state index in [-0.39, 0.29) is 0 Å². The van der Waals surface area contributed by atoms with Crippen molar-refractivity contribution >= 4 is 11.6 Å². The number of anilines is 1. The molecule has 0 fully saturated rings. The van der Waals surface area contributed by atoms with Crippen LogP contribution in [0.2, 0.25) is 0 Å². The van der Waals surface area contributed by atoms with Gasteiger partial charge in [0, 0.05) is 19.9 Å². The van der Waals surface area contributed by atoms with Gasteiger partial charge in [0.05, 0.1) is 6.61 Å². The lowest BCUT2D eigenvalue weighted by molar-refractivity contribution is 0.184. The number of methoxy groups -OCH3 is 1. The number of aryl methyl sites for hydroxylation is 1. The lowest BCUT2D eigenvalue weighted by Gasteiger charge is -2.08. The van der Waals surface area contributed by atoms with Crippen molar-refractivity contribution in [1.29, 1.82) is 0 Å². The highest BCUT2D eigenvalue weighted by molar-refractivity contribution is 5.45. The SMILES string of the molecule is COCc1ccccc1CNc1nc2cc(C)ccn2n1. The Bertz CT molecular complexity index is 751. The van der Waals surface area contributed by atoms with Crippen LogP contribution < -0.4 is 5.32 Å². The summed E-state index contributed by atoms with van der Waals surface area (Å²) >= 11 is 0. The van der Waals surface area contributed by atoms with Crippen molar-refractivity contribution in [1.82, 2.24) is 14.6 Å². The Morgan fingerprint density at radius 2 is 2.00 bits per heavy atom. The summed E-state index contributed by atoms with van der Waals surface area (Å²) in [5, 5.41) is 7.68. The molecule has 0 aliphatic carbocycles. The second-order valence-electron chi connectivity index (χ2n) is 5.00. The molecule has 5 nitrogen and oxygen atoms in total. The molecule has 0 aliphatic rings. The Hall–Kier alpha value is -2.40. The van der Waals surface area contributed by atoms with Crippen molar-refractivity contribution in [2.24, 2.45) is 0 Å². The molecule has 1 aromatic carbocycles. The maximum Gasteiger partial charge on any atom is 0.243 e. The first-order chi connectivity index (χ1) is 10.3. The number of aromatic nitrogens is 3. The van der Waals surface area contributed by atoms with Crippen molar-refractivity contribution in [3.63, 3.8) is 0 Å². The van der Waals surface area contributed by atoms with Crippen LogP contribution in [-0.2, 0) is 17.9 Å². The normalized spacial score (nSPS) is 11.0. The zero-order chi connectivity index (χ0) is 14.7. The molecule has 0 unspecified atom stereocenters. The van der Waals surface area contributed by atoms with E-state index in [2.05, 4.69) is 27.5 Å². The van der Waals surface area contributed by atoms with Gasteiger partial charge in [0.1, 0.15) is 0 Å². The smallest absolute Gasteiger partial charge is 0.243 e. The Kier molecular flexibility index (Phi) is 3.83. The molecule has 0 radical (unpaired) electrons. The molecule has 2 heterocycles. The van der Waals surface area contributed by atoms with Gasteiger partial charge in [0.2, 0.25) is 5.95 Å². The number of hydrogen-bond donors (Lipinski definition) is 1. The number of rotatable bonds is 5. The van der Waals surface area contributed by atoms with Crippen LogP contribution in [0.15, 0.2) is 42.6 Å². The van der Waals surface area contributed by atoms with E-state index in [1.165, 1.54) is 16.7 Å². The van der Waals surface area contributed by atoms with Gasteiger partial charge in [-0.05, 0) is 35.7 Å². The average molecular weight is 282 g/mol. The van der Waals surface area contributed by atoms with E-state index in [1.807, 2.05) is 37.4 Å². The number of nitrogens with zero attached hydrogens (tertiary/aromatic N) is 3. The molecule has 3 rings (SSSR count). The van der Waals surface area contributed by atoms with Gasteiger partial charge in [-0.15, -0.1) is 5.10 Å². The molecule has 0 aliphatic heterocycles. The molecule has 0 amide bonds. The van der Waals surface area contributed by atoms with Gasteiger partial charge in [-0.1, -0.05) is 24.3 Å². The van der Waals surface area contributed by atoms with E-state index >= 15 is 0 Å². The molecule has 1 N–H and O–H groups in total. The highest BCUT2D eigenvalue weighted by Gasteiger charge is 2.05. The predicted octanol–water partition coefficient (Wildman–Crippen LogP) is 2.80. The van der Waals surface area contributed by atoms with Crippen molar-refractivity contribution < 1.29 is 4.74 Å². The number of ether oxygens (including phenoxy) is 1. The Balaban J connectivity index is 1.77. The highest BCUT2D eigenvalue weighted by Crippen LogP contribution is 2.13. The van der Waals surface area contributed by atoms with Crippen LogP contribution in [0, 0.1) is 6.92 Å². The van der Waals surface area contributed by atoms with Gasteiger partial charge in [-0.25, -0.2) is 4.52 Å². The first-order valence-corrected chi connectivity index (χ1v) is 6.89. The summed E-state index contributed by atoms with van der Waals surface area (Å²) in [6.45, 7) is 3.33. The van der Waals surface area contributed by atoms with Gasteiger partial charge < -0.3 is 10.1 Å². The molecule has 0 saturated carbocycles. The third kappa shape index (κ3) is 3.03. The number of pyridine rings is 1. The summed E-state index contributed by atoms with van der Waals surface area (Å²) < 4.78 is 6.99. The van der Waals surface area contributed by atoms with Crippen LogP contribution in [-0.4, -0.2) is 21.7 Å². The fraction of sp³-hybridized carbons (Fsp3) is 0.250. The molecule has 21 heavy (non-hydrogen) atoms. The summed E-state index contributed by atoms with van der Waals surface area (Å²) in [5.74, 6) is 0.632. The van der Waals surface area contributed by atoms with Crippen LogP contribution in [0.4, 0.5) is 5.95 Å². The minimum absolute atomic E-state index is 0.607. The molecule has 0 bridgehead atoms. The largest absolute Gasteiger partial charge is 0.380 e. The molecule has 0 spiro atoms. The van der Waals surface area contributed by atoms with Crippen molar-refractivity contribution in [2.75, 3.05) is 12.4 Å². The number of benzene rings is 1. The molecular formula is C16H18N4O. The molecule has 0 atom stereocenters. The van der Waals surface area contributed by atoms with Crippen molar-refractivity contribution in [3.8, 4) is 0 Å². The van der Waals surface area contributed by atoms with Crippen LogP contribution in [0.25, 0.3) is 5.65 Å².